The molecule has 1 atom stereocenters. The van der Waals surface area contributed by atoms with Gasteiger partial charge >= 0.3 is 6.18 Å². The molecule has 1 saturated heterocycles. The lowest BCUT2D eigenvalue weighted by atomic mass is 9.97. The van der Waals surface area contributed by atoms with E-state index in [0.717, 1.165) is 37.8 Å². The first-order valence-corrected chi connectivity index (χ1v) is 13.1. The molecule has 11 heteroatoms. The van der Waals surface area contributed by atoms with Gasteiger partial charge < -0.3 is 15.3 Å². The molecule has 1 heterocycles. The van der Waals surface area contributed by atoms with Crippen LogP contribution >= 0.6 is 50.7 Å². The monoisotopic (exact) mass is 628 g/mol. The van der Waals surface area contributed by atoms with Gasteiger partial charge in [0.25, 0.3) is 0 Å². The number of hydrogen-bond donors (Lipinski definition) is 2. The predicted molar refractivity (Wildman–Crippen MR) is 144 cm³/mol. The number of nitrogens with zero attached hydrogens (tertiary/aromatic N) is 1. The number of halogens is 7. The van der Waals surface area contributed by atoms with Crippen LogP contribution in [0.15, 0.2) is 40.9 Å². The van der Waals surface area contributed by atoms with E-state index in [-0.39, 0.29) is 20.6 Å². The molecule has 1 aliphatic rings. The van der Waals surface area contributed by atoms with Crippen LogP contribution in [0.2, 0.25) is 15.1 Å². The zero-order valence-electron chi connectivity index (χ0n) is 19.5. The van der Waals surface area contributed by atoms with Gasteiger partial charge in [-0.15, -0.1) is 0 Å². The Labute approximate surface area is 232 Å². The number of aldehydes is 1. The molecule has 2 aromatic carbocycles. The van der Waals surface area contributed by atoms with Crippen LogP contribution in [-0.2, 0) is 0 Å². The lowest BCUT2D eigenvalue weighted by Crippen LogP contribution is -2.42. The molecule has 1 unspecified atom stereocenters. The predicted octanol–water partition coefficient (Wildman–Crippen LogP) is 7.24. The first-order valence-electron chi connectivity index (χ1n) is 11.1. The van der Waals surface area contributed by atoms with Crippen molar-refractivity contribution in [2.24, 2.45) is 0 Å². The molecule has 0 saturated carbocycles. The quantitative estimate of drug-likeness (QED) is 0.250. The average molecular weight is 631 g/mol. The molecule has 0 amide bonds. The van der Waals surface area contributed by atoms with Crippen LogP contribution in [0, 0.1) is 0 Å². The zero-order valence-corrected chi connectivity index (χ0v) is 23.3. The van der Waals surface area contributed by atoms with Crippen LogP contribution in [-0.4, -0.2) is 61.8 Å². The van der Waals surface area contributed by atoms with Crippen molar-refractivity contribution in [1.82, 2.24) is 10.2 Å². The molecule has 36 heavy (non-hydrogen) atoms. The van der Waals surface area contributed by atoms with E-state index in [1.54, 1.807) is 12.1 Å². The number of nitrogens with one attached hydrogen (secondary N) is 1. The van der Waals surface area contributed by atoms with Gasteiger partial charge in [0.15, 0.2) is 6.29 Å². The second-order valence-electron chi connectivity index (χ2n) is 8.20. The molecule has 0 bridgehead atoms. The maximum atomic E-state index is 13.4. The smallest absolute Gasteiger partial charge is 0.395 e. The van der Waals surface area contributed by atoms with Crippen LogP contribution in [0.1, 0.15) is 40.2 Å². The zero-order chi connectivity index (χ0) is 26.9. The fourth-order valence-electron chi connectivity index (χ4n) is 3.70. The summed E-state index contributed by atoms with van der Waals surface area (Å²) < 4.78 is 40.8. The van der Waals surface area contributed by atoms with Gasteiger partial charge in [-0.05, 0) is 68.4 Å². The van der Waals surface area contributed by atoms with Crippen LogP contribution in [0.3, 0.4) is 0 Å². The Morgan fingerprint density at radius 2 is 1.78 bits per heavy atom. The van der Waals surface area contributed by atoms with Gasteiger partial charge in [-0.2, -0.15) is 13.2 Å². The summed E-state index contributed by atoms with van der Waals surface area (Å²) >= 11 is 20.7. The van der Waals surface area contributed by atoms with E-state index in [0.29, 0.717) is 34.5 Å². The van der Waals surface area contributed by atoms with E-state index in [1.165, 1.54) is 25.0 Å². The molecule has 0 spiro atoms. The molecule has 0 aliphatic carbocycles. The number of aliphatic hydroxyl groups excluding tert-OH is 1. The molecule has 0 aromatic heterocycles. The molecule has 4 nitrogen and oxygen atoms in total. The molecule has 1 aliphatic heterocycles. The van der Waals surface area contributed by atoms with Gasteiger partial charge in [0, 0.05) is 22.6 Å². The topological polar surface area (TPSA) is 52.6 Å². The van der Waals surface area contributed by atoms with Crippen molar-refractivity contribution < 1.29 is 23.1 Å². The molecule has 2 N–H and O–H groups in total. The largest absolute Gasteiger partial charge is 0.399 e. The summed E-state index contributed by atoms with van der Waals surface area (Å²) in [5.41, 5.74) is 0.783. The minimum absolute atomic E-state index is 0.00497. The summed E-state index contributed by atoms with van der Waals surface area (Å²) in [5.74, 6) is -1.91. The fraction of sp³-hybridized carbons (Fsp3) is 0.400. The number of carbonyl (C=O) groups is 1. The van der Waals surface area contributed by atoms with E-state index in [9.17, 15) is 18.0 Å². The minimum atomic E-state index is -4.54. The van der Waals surface area contributed by atoms with Gasteiger partial charge in [0.05, 0.1) is 27.6 Å². The second-order valence-corrected chi connectivity index (χ2v) is 10.3. The third-order valence-electron chi connectivity index (χ3n) is 5.76. The fourth-order valence-corrected chi connectivity index (χ4v) is 4.80. The van der Waals surface area contributed by atoms with E-state index in [1.807, 2.05) is 7.05 Å². The van der Waals surface area contributed by atoms with E-state index >= 15 is 0 Å². The normalized spacial score (nSPS) is 16.0. The maximum absolute atomic E-state index is 13.4. The van der Waals surface area contributed by atoms with Crippen LogP contribution in [0.4, 0.5) is 13.2 Å². The van der Waals surface area contributed by atoms with Crippen molar-refractivity contribution in [1.29, 1.82) is 0 Å². The number of likely N-dealkylation sites (tertiary alicyclic amines) is 1. The molecular weight excluding hydrogens is 604 g/mol. The summed E-state index contributed by atoms with van der Waals surface area (Å²) in [6, 6.07) is 7.59. The number of β-amino-alcohol motifs (C(OH)–C–C–N with tert-alkyl or cyclic N) is 1. The molecular formula is C25H27BrCl3F3N2O2. The highest BCUT2D eigenvalue weighted by Crippen LogP contribution is 2.41. The van der Waals surface area contributed by atoms with Crippen LogP contribution < -0.4 is 5.32 Å². The molecule has 2 aromatic rings. The highest BCUT2D eigenvalue weighted by molar-refractivity contribution is 9.10. The SMILES string of the molecule is CNC1CCN(CCO)CC1.O=Cc1ccc(/C=C/C(c2cc(Cl)c(Cl)c(Cl)c2)C(F)(F)F)cc1Br. The number of alkyl halides is 3. The number of aliphatic hydroxyl groups is 1. The Kier molecular flexibility index (Phi) is 12.7. The number of benzene rings is 2. The Balaban J connectivity index is 0.000000346. The first kappa shape index (κ1) is 31.1. The van der Waals surface area contributed by atoms with Crippen molar-refractivity contribution in [3.63, 3.8) is 0 Å². The summed E-state index contributed by atoms with van der Waals surface area (Å²) in [6.07, 6.45) is 0.851. The summed E-state index contributed by atoms with van der Waals surface area (Å²) in [6.45, 7) is 3.40. The highest BCUT2D eigenvalue weighted by Gasteiger charge is 2.39. The third-order valence-corrected chi connectivity index (χ3v) is 7.65. The van der Waals surface area contributed by atoms with Crippen LogP contribution in [0.5, 0.6) is 0 Å². The first-order chi connectivity index (χ1) is 17.0. The molecule has 3 rings (SSSR count). The lowest BCUT2D eigenvalue weighted by molar-refractivity contribution is -0.139. The Morgan fingerprint density at radius 1 is 1.17 bits per heavy atom. The second kappa shape index (κ2) is 14.7. The summed E-state index contributed by atoms with van der Waals surface area (Å²) in [4.78, 5) is 13.1. The van der Waals surface area contributed by atoms with E-state index in [2.05, 4.69) is 26.1 Å². The Morgan fingerprint density at radius 3 is 2.25 bits per heavy atom. The lowest BCUT2D eigenvalue weighted by Gasteiger charge is -2.31. The van der Waals surface area contributed by atoms with Gasteiger partial charge in [0.1, 0.15) is 0 Å². The van der Waals surface area contributed by atoms with E-state index in [4.69, 9.17) is 39.9 Å². The number of piperidine rings is 1. The van der Waals surface area contributed by atoms with E-state index < -0.39 is 12.1 Å². The number of carbonyl (C=O) groups excluding carboxylic acids is 1. The van der Waals surface area contributed by atoms with Gasteiger partial charge in [0.2, 0.25) is 0 Å². The molecule has 0 radical (unpaired) electrons. The number of hydrogen-bond acceptors (Lipinski definition) is 4. The Hall–Kier alpha value is -1.13. The van der Waals surface area contributed by atoms with Crippen molar-refractivity contribution in [3.05, 3.63) is 72.6 Å². The van der Waals surface area contributed by atoms with Crippen LogP contribution in [0.25, 0.3) is 6.08 Å². The van der Waals surface area contributed by atoms with Gasteiger partial charge in [-0.3, -0.25) is 4.79 Å². The number of rotatable bonds is 7. The highest BCUT2D eigenvalue weighted by atomic mass is 79.9. The summed E-state index contributed by atoms with van der Waals surface area (Å²) in [5, 5.41) is 11.9. The third kappa shape index (κ3) is 9.31. The summed E-state index contributed by atoms with van der Waals surface area (Å²) in [7, 11) is 2.02. The minimum Gasteiger partial charge on any atom is -0.395 e. The maximum Gasteiger partial charge on any atom is 0.399 e. The van der Waals surface area contributed by atoms with Crippen molar-refractivity contribution in [2.45, 2.75) is 31.0 Å². The van der Waals surface area contributed by atoms with Crippen molar-refractivity contribution in [2.75, 3.05) is 33.3 Å². The van der Waals surface area contributed by atoms with Gasteiger partial charge in [-0.1, -0.05) is 69.0 Å². The van der Waals surface area contributed by atoms with Gasteiger partial charge in [-0.25, -0.2) is 0 Å². The average Bonchev–Trinajstić information content (AvgIpc) is 2.83. The number of allylic oxidation sites excluding steroid dienone is 1. The van der Waals surface area contributed by atoms with Crippen molar-refractivity contribution >= 4 is 63.1 Å². The molecule has 1 fully saturated rings. The molecule has 198 valence electrons. The van der Waals surface area contributed by atoms with Crippen molar-refractivity contribution in [3.8, 4) is 0 Å². The standard InChI is InChI=1S/C17H9BrCl3F3O.C8H18N2O/c18-13-5-9(1-3-10(13)8-25)2-4-12(17(22,23)24)11-6-14(19)16(21)15(20)7-11;1-9-8-2-4-10(5-3-8)6-7-11/h1-8,12H;8-9,11H,2-7H2,1H3/b4-2+;. The Bertz CT molecular complexity index is 1020.